The molecule has 140 valence electrons. The zero-order valence-electron chi connectivity index (χ0n) is 15.2. The van der Waals surface area contributed by atoms with Crippen molar-refractivity contribution in [3.8, 4) is 0 Å². The first-order chi connectivity index (χ1) is 12.1. The highest BCUT2D eigenvalue weighted by Crippen LogP contribution is 2.16. The quantitative estimate of drug-likeness (QED) is 0.712. The molecule has 0 aromatic heterocycles. The Hall–Kier alpha value is -2.53. The molecule has 3 N–H and O–H groups in total. The number of nitrogens with zero attached hydrogens (tertiary/aromatic N) is 1. The van der Waals surface area contributed by atoms with Crippen LogP contribution in [0.5, 0.6) is 0 Å². The number of rotatable bonds is 7. The van der Waals surface area contributed by atoms with Gasteiger partial charge in [-0.3, -0.25) is 9.59 Å². The normalized spacial score (nSPS) is 9.92. The average Bonchev–Trinajstić information content (AvgIpc) is 2.62. The summed E-state index contributed by atoms with van der Waals surface area (Å²) in [5.74, 6) is -0.246. The van der Waals surface area contributed by atoms with Crippen molar-refractivity contribution in [3.63, 3.8) is 0 Å². The van der Waals surface area contributed by atoms with Crippen molar-refractivity contribution in [2.45, 2.75) is 26.7 Å². The standard InChI is InChI=1S/C20H25N3O2.ClH/c1-3-13-23(14-4-2)20(25)15-9-11-16(12-10-15)22-19(24)17-7-5-6-8-18(17)21;/h5-12H,3-4,13-14,21H2,1-2H3,(H,22,24);1H. The first kappa shape index (κ1) is 21.5. The highest BCUT2D eigenvalue weighted by atomic mass is 35.5. The van der Waals surface area contributed by atoms with Gasteiger partial charge < -0.3 is 16.0 Å². The molecule has 0 aliphatic rings. The maximum Gasteiger partial charge on any atom is 0.257 e. The smallest absolute Gasteiger partial charge is 0.257 e. The van der Waals surface area contributed by atoms with Crippen LogP contribution < -0.4 is 11.1 Å². The predicted octanol–water partition coefficient (Wildman–Crippen LogP) is 4.21. The van der Waals surface area contributed by atoms with E-state index in [2.05, 4.69) is 19.2 Å². The number of nitrogen functional groups attached to an aromatic ring is 1. The maximum absolute atomic E-state index is 12.5. The van der Waals surface area contributed by atoms with Gasteiger partial charge in [-0.2, -0.15) is 0 Å². The molecule has 0 bridgehead atoms. The second kappa shape index (κ2) is 10.5. The van der Waals surface area contributed by atoms with Gasteiger partial charge in [-0.15, -0.1) is 12.4 Å². The monoisotopic (exact) mass is 375 g/mol. The van der Waals surface area contributed by atoms with Gasteiger partial charge in [0.15, 0.2) is 0 Å². The van der Waals surface area contributed by atoms with Crippen LogP contribution in [0.15, 0.2) is 48.5 Å². The predicted molar refractivity (Wildman–Crippen MR) is 109 cm³/mol. The molecule has 0 fully saturated rings. The second-order valence-corrected chi connectivity index (χ2v) is 5.91. The summed E-state index contributed by atoms with van der Waals surface area (Å²) in [6, 6.07) is 13.9. The summed E-state index contributed by atoms with van der Waals surface area (Å²) in [6.45, 7) is 5.62. The number of para-hydroxylation sites is 1. The number of anilines is 2. The van der Waals surface area contributed by atoms with Crippen molar-refractivity contribution in [1.29, 1.82) is 0 Å². The molecule has 26 heavy (non-hydrogen) atoms. The van der Waals surface area contributed by atoms with Crippen LogP contribution in [-0.4, -0.2) is 29.8 Å². The van der Waals surface area contributed by atoms with Gasteiger partial charge in [-0.05, 0) is 49.2 Å². The Bertz CT molecular complexity index is 726. The lowest BCUT2D eigenvalue weighted by Gasteiger charge is -2.21. The van der Waals surface area contributed by atoms with E-state index in [-0.39, 0.29) is 24.2 Å². The Labute approximate surface area is 161 Å². The highest BCUT2D eigenvalue weighted by molar-refractivity contribution is 6.07. The number of nitrogens with two attached hydrogens (primary N) is 1. The third-order valence-corrected chi connectivity index (χ3v) is 3.87. The zero-order valence-corrected chi connectivity index (χ0v) is 16.0. The fourth-order valence-corrected chi connectivity index (χ4v) is 2.64. The zero-order chi connectivity index (χ0) is 18.2. The largest absolute Gasteiger partial charge is 0.398 e. The summed E-state index contributed by atoms with van der Waals surface area (Å²) in [7, 11) is 0. The summed E-state index contributed by atoms with van der Waals surface area (Å²) in [5, 5.41) is 2.80. The molecule has 2 rings (SSSR count). The molecule has 2 aromatic carbocycles. The minimum absolute atomic E-state index is 0. The van der Waals surface area contributed by atoms with Gasteiger partial charge in [0.1, 0.15) is 0 Å². The molecule has 0 heterocycles. The van der Waals surface area contributed by atoms with Crippen LogP contribution in [0.4, 0.5) is 11.4 Å². The van der Waals surface area contributed by atoms with Crippen LogP contribution in [0.3, 0.4) is 0 Å². The molecule has 2 aromatic rings. The van der Waals surface area contributed by atoms with Gasteiger partial charge in [0.2, 0.25) is 0 Å². The Balaban J connectivity index is 0.00000338. The molecule has 0 radical (unpaired) electrons. The molecule has 5 nitrogen and oxygen atoms in total. The van der Waals surface area contributed by atoms with Gasteiger partial charge >= 0.3 is 0 Å². The van der Waals surface area contributed by atoms with E-state index in [1.54, 1.807) is 48.5 Å². The molecule has 0 atom stereocenters. The number of hydrogen-bond acceptors (Lipinski definition) is 3. The number of halogens is 1. The van der Waals surface area contributed by atoms with Gasteiger partial charge in [-0.1, -0.05) is 26.0 Å². The third-order valence-electron chi connectivity index (χ3n) is 3.87. The van der Waals surface area contributed by atoms with Crippen molar-refractivity contribution in [2.75, 3.05) is 24.1 Å². The number of amides is 2. The summed E-state index contributed by atoms with van der Waals surface area (Å²) in [5.41, 5.74) is 7.93. The van der Waals surface area contributed by atoms with Crippen LogP contribution in [-0.2, 0) is 0 Å². The van der Waals surface area contributed by atoms with Crippen molar-refractivity contribution < 1.29 is 9.59 Å². The van der Waals surface area contributed by atoms with E-state index in [1.165, 1.54) is 0 Å². The van der Waals surface area contributed by atoms with E-state index in [9.17, 15) is 9.59 Å². The van der Waals surface area contributed by atoms with Crippen LogP contribution in [0.1, 0.15) is 47.4 Å². The number of hydrogen-bond donors (Lipinski definition) is 2. The van der Waals surface area contributed by atoms with Gasteiger partial charge in [-0.25, -0.2) is 0 Å². The maximum atomic E-state index is 12.5. The van der Waals surface area contributed by atoms with E-state index < -0.39 is 0 Å². The summed E-state index contributed by atoms with van der Waals surface area (Å²) >= 11 is 0. The molecule has 6 heteroatoms. The summed E-state index contributed by atoms with van der Waals surface area (Å²) in [6.07, 6.45) is 1.86. The lowest BCUT2D eigenvalue weighted by molar-refractivity contribution is 0.0755. The Kier molecular flexibility index (Phi) is 8.65. The minimum atomic E-state index is -0.268. The van der Waals surface area contributed by atoms with Crippen molar-refractivity contribution in [1.82, 2.24) is 4.90 Å². The first-order valence-corrected chi connectivity index (χ1v) is 8.62. The van der Waals surface area contributed by atoms with Crippen molar-refractivity contribution >= 4 is 35.6 Å². The van der Waals surface area contributed by atoms with E-state index in [0.717, 1.165) is 25.9 Å². The summed E-state index contributed by atoms with van der Waals surface area (Å²) in [4.78, 5) is 26.7. The van der Waals surface area contributed by atoms with E-state index in [1.807, 2.05) is 4.90 Å². The van der Waals surface area contributed by atoms with Crippen molar-refractivity contribution in [2.24, 2.45) is 0 Å². The van der Waals surface area contributed by atoms with Crippen LogP contribution in [0, 0.1) is 0 Å². The van der Waals surface area contributed by atoms with E-state index in [4.69, 9.17) is 5.73 Å². The van der Waals surface area contributed by atoms with Crippen LogP contribution in [0.2, 0.25) is 0 Å². The molecule has 0 spiro atoms. The Morgan fingerprint density at radius 1 is 0.962 bits per heavy atom. The van der Waals surface area contributed by atoms with Gasteiger partial charge in [0.25, 0.3) is 11.8 Å². The fourth-order valence-electron chi connectivity index (χ4n) is 2.64. The first-order valence-electron chi connectivity index (χ1n) is 8.62. The van der Waals surface area contributed by atoms with Crippen LogP contribution in [0.25, 0.3) is 0 Å². The van der Waals surface area contributed by atoms with E-state index >= 15 is 0 Å². The number of benzene rings is 2. The summed E-state index contributed by atoms with van der Waals surface area (Å²) < 4.78 is 0. The lowest BCUT2D eigenvalue weighted by Crippen LogP contribution is -2.32. The Morgan fingerprint density at radius 3 is 2.08 bits per heavy atom. The molecule has 0 saturated carbocycles. The Morgan fingerprint density at radius 2 is 1.54 bits per heavy atom. The topological polar surface area (TPSA) is 75.4 Å². The minimum Gasteiger partial charge on any atom is -0.398 e. The number of carbonyl (C=O) groups is 2. The molecule has 2 amide bonds. The van der Waals surface area contributed by atoms with Crippen molar-refractivity contribution in [3.05, 3.63) is 59.7 Å². The highest BCUT2D eigenvalue weighted by Gasteiger charge is 2.14. The average molecular weight is 376 g/mol. The third kappa shape index (κ3) is 5.49. The molecule has 0 aliphatic carbocycles. The molecular formula is C20H26ClN3O2. The molecular weight excluding hydrogens is 350 g/mol. The second-order valence-electron chi connectivity index (χ2n) is 5.91. The fraction of sp³-hybridized carbons (Fsp3) is 0.300. The lowest BCUT2D eigenvalue weighted by atomic mass is 10.1. The number of carbonyl (C=O) groups excluding carboxylic acids is 2. The molecule has 0 saturated heterocycles. The SMILES string of the molecule is CCCN(CCC)C(=O)c1ccc(NC(=O)c2ccccc2N)cc1.Cl. The number of nitrogens with one attached hydrogen (secondary N) is 1. The van der Waals surface area contributed by atoms with E-state index in [0.29, 0.717) is 22.5 Å². The molecule has 0 aliphatic heterocycles. The van der Waals surface area contributed by atoms with Crippen LogP contribution >= 0.6 is 12.4 Å². The van der Waals surface area contributed by atoms with Gasteiger partial charge in [0.05, 0.1) is 5.56 Å². The molecule has 0 unspecified atom stereocenters. The van der Waals surface area contributed by atoms with Gasteiger partial charge in [0, 0.05) is 30.0 Å².